The number of carbonyl (C=O) groups excluding carboxylic acids is 1. The Kier molecular flexibility index (Phi) is 6.72. The van der Waals surface area contributed by atoms with Crippen LogP contribution in [0, 0.1) is 0 Å². The molecule has 2 fully saturated rings. The summed E-state index contributed by atoms with van der Waals surface area (Å²) in [5, 5.41) is 6.64. The minimum absolute atomic E-state index is 0.114. The zero-order valence-electron chi connectivity index (χ0n) is 16.8. The summed E-state index contributed by atoms with van der Waals surface area (Å²) in [6, 6.07) is 11.4. The van der Waals surface area contributed by atoms with E-state index in [1.54, 1.807) is 0 Å². The van der Waals surface area contributed by atoms with Gasteiger partial charge in [0.1, 0.15) is 0 Å². The minimum atomic E-state index is 0.114. The molecule has 1 aromatic carbocycles. The van der Waals surface area contributed by atoms with Gasteiger partial charge in [-0.25, -0.2) is 0 Å². The third kappa shape index (κ3) is 5.70. The van der Waals surface area contributed by atoms with Crippen LogP contribution in [0.5, 0.6) is 0 Å². The Morgan fingerprint density at radius 2 is 1.89 bits per heavy atom. The van der Waals surface area contributed by atoms with Gasteiger partial charge < -0.3 is 15.5 Å². The van der Waals surface area contributed by atoms with Gasteiger partial charge in [-0.1, -0.05) is 30.3 Å². The lowest BCUT2D eigenvalue weighted by Gasteiger charge is -2.36. The number of aliphatic imine (C=N–C) groups is 1. The molecule has 2 unspecified atom stereocenters. The zero-order chi connectivity index (χ0) is 19.2. The normalized spacial score (nSPS) is 23.4. The Bertz CT molecular complexity index is 637. The number of guanidine groups is 1. The van der Waals surface area contributed by atoms with Crippen molar-refractivity contribution in [2.45, 2.75) is 45.2 Å². The Balaban J connectivity index is 1.48. The van der Waals surface area contributed by atoms with E-state index in [4.69, 9.17) is 4.99 Å². The van der Waals surface area contributed by atoms with Crippen molar-refractivity contribution in [3.63, 3.8) is 0 Å². The van der Waals surface area contributed by atoms with Gasteiger partial charge in [-0.2, -0.15) is 0 Å². The Morgan fingerprint density at radius 3 is 2.52 bits per heavy atom. The first-order chi connectivity index (χ1) is 13.1. The van der Waals surface area contributed by atoms with E-state index < -0.39 is 0 Å². The molecule has 0 radical (unpaired) electrons. The second-order valence-electron chi connectivity index (χ2n) is 7.79. The highest BCUT2D eigenvalue weighted by Gasteiger charge is 2.39. The molecular weight excluding hydrogens is 338 g/mol. The van der Waals surface area contributed by atoms with Crippen molar-refractivity contribution < 1.29 is 4.79 Å². The lowest BCUT2D eigenvalue weighted by atomic mass is 10.1. The van der Waals surface area contributed by atoms with E-state index >= 15 is 0 Å². The van der Waals surface area contributed by atoms with E-state index in [9.17, 15) is 4.79 Å². The first kappa shape index (κ1) is 19.7. The predicted octanol–water partition coefficient (Wildman–Crippen LogP) is 1.65. The maximum Gasteiger partial charge on any atom is 0.234 e. The molecule has 6 heteroatoms. The van der Waals surface area contributed by atoms with Crippen LogP contribution in [-0.4, -0.2) is 73.0 Å². The zero-order valence-corrected chi connectivity index (χ0v) is 16.8. The molecule has 2 N–H and O–H groups in total. The number of piperazine rings is 1. The van der Waals surface area contributed by atoms with Crippen molar-refractivity contribution in [3.8, 4) is 0 Å². The first-order valence-electron chi connectivity index (χ1n) is 10.2. The largest absolute Gasteiger partial charge is 0.353 e. The van der Waals surface area contributed by atoms with Crippen molar-refractivity contribution in [2.75, 3.05) is 39.3 Å². The summed E-state index contributed by atoms with van der Waals surface area (Å²) in [7, 11) is 0. The van der Waals surface area contributed by atoms with Crippen molar-refractivity contribution >= 4 is 11.9 Å². The smallest absolute Gasteiger partial charge is 0.234 e. The average Bonchev–Trinajstić information content (AvgIpc) is 3.41. The van der Waals surface area contributed by atoms with Gasteiger partial charge in [0.15, 0.2) is 5.96 Å². The molecule has 2 atom stereocenters. The molecule has 1 amide bonds. The first-order valence-corrected chi connectivity index (χ1v) is 10.2. The van der Waals surface area contributed by atoms with E-state index in [1.807, 2.05) is 13.8 Å². The van der Waals surface area contributed by atoms with E-state index in [0.717, 1.165) is 38.7 Å². The molecule has 1 aromatic rings. The number of carbonyl (C=O) groups is 1. The maximum atomic E-state index is 12.0. The molecule has 6 nitrogen and oxygen atoms in total. The highest BCUT2D eigenvalue weighted by Crippen LogP contribution is 2.40. The number of nitrogens with one attached hydrogen (secondary N) is 2. The number of amides is 1. The Hall–Kier alpha value is -2.08. The summed E-state index contributed by atoms with van der Waals surface area (Å²) < 4.78 is 0. The quantitative estimate of drug-likeness (QED) is 0.590. The van der Waals surface area contributed by atoms with Crippen molar-refractivity contribution in [1.29, 1.82) is 0 Å². The molecule has 1 aliphatic carbocycles. The molecule has 3 rings (SSSR count). The summed E-state index contributed by atoms with van der Waals surface area (Å²) >= 11 is 0. The minimum Gasteiger partial charge on any atom is -0.353 e. The Labute approximate surface area is 163 Å². The third-order valence-corrected chi connectivity index (χ3v) is 5.13. The summed E-state index contributed by atoms with van der Waals surface area (Å²) in [6.07, 6.45) is 1.17. The Morgan fingerprint density at radius 1 is 1.19 bits per heavy atom. The number of rotatable bonds is 6. The molecule has 27 heavy (non-hydrogen) atoms. The van der Waals surface area contributed by atoms with E-state index in [-0.39, 0.29) is 11.9 Å². The van der Waals surface area contributed by atoms with Crippen molar-refractivity contribution in [3.05, 3.63) is 35.9 Å². The molecule has 148 valence electrons. The van der Waals surface area contributed by atoms with Gasteiger partial charge >= 0.3 is 0 Å². The summed E-state index contributed by atoms with van der Waals surface area (Å²) in [5.74, 6) is 1.73. The van der Waals surface area contributed by atoms with Gasteiger partial charge in [0, 0.05) is 50.7 Å². The van der Waals surface area contributed by atoms with Gasteiger partial charge in [-0.05, 0) is 32.8 Å². The molecule has 1 saturated heterocycles. The average molecular weight is 372 g/mol. The monoisotopic (exact) mass is 371 g/mol. The highest BCUT2D eigenvalue weighted by molar-refractivity contribution is 5.81. The van der Waals surface area contributed by atoms with Crippen LogP contribution in [0.15, 0.2) is 35.3 Å². The third-order valence-electron chi connectivity index (χ3n) is 5.13. The van der Waals surface area contributed by atoms with Crippen LogP contribution in [0.3, 0.4) is 0 Å². The van der Waals surface area contributed by atoms with Crippen LogP contribution in [0.1, 0.15) is 38.7 Å². The second-order valence-corrected chi connectivity index (χ2v) is 7.79. The van der Waals surface area contributed by atoms with Crippen LogP contribution in [0.2, 0.25) is 0 Å². The molecular formula is C21H33N5O. The summed E-state index contributed by atoms with van der Waals surface area (Å²) in [5.41, 5.74) is 1.41. The van der Waals surface area contributed by atoms with Crippen molar-refractivity contribution in [1.82, 2.24) is 20.4 Å². The van der Waals surface area contributed by atoms with Gasteiger partial charge in [-0.15, -0.1) is 0 Å². The van der Waals surface area contributed by atoms with Gasteiger partial charge in [0.25, 0.3) is 0 Å². The summed E-state index contributed by atoms with van der Waals surface area (Å²) in [4.78, 5) is 21.2. The second kappa shape index (κ2) is 9.22. The van der Waals surface area contributed by atoms with E-state index in [0.29, 0.717) is 18.5 Å². The SMILES string of the molecule is CCN=C(NC1CC1c1ccccc1)N1CCN(CC(=O)NC(C)C)CC1. The van der Waals surface area contributed by atoms with Gasteiger partial charge in [0.2, 0.25) is 5.91 Å². The topological polar surface area (TPSA) is 60.0 Å². The number of hydrogen-bond acceptors (Lipinski definition) is 3. The number of nitrogens with zero attached hydrogens (tertiary/aromatic N) is 3. The van der Waals surface area contributed by atoms with E-state index in [2.05, 4.69) is 57.7 Å². The molecule has 0 bridgehead atoms. The molecule has 1 heterocycles. The maximum absolute atomic E-state index is 12.0. The molecule has 1 aliphatic heterocycles. The fourth-order valence-corrected chi connectivity index (χ4v) is 3.66. The molecule has 0 aromatic heterocycles. The number of hydrogen-bond donors (Lipinski definition) is 2. The van der Waals surface area contributed by atoms with Gasteiger partial charge in [-0.3, -0.25) is 14.7 Å². The fourth-order valence-electron chi connectivity index (χ4n) is 3.66. The lowest BCUT2D eigenvalue weighted by molar-refractivity contribution is -0.123. The van der Waals surface area contributed by atoms with Crippen LogP contribution in [0.4, 0.5) is 0 Å². The van der Waals surface area contributed by atoms with Crippen LogP contribution >= 0.6 is 0 Å². The lowest BCUT2D eigenvalue weighted by Crippen LogP contribution is -2.54. The number of benzene rings is 1. The predicted molar refractivity (Wildman–Crippen MR) is 110 cm³/mol. The van der Waals surface area contributed by atoms with Gasteiger partial charge in [0.05, 0.1) is 6.54 Å². The molecule has 1 saturated carbocycles. The standard InChI is InChI=1S/C21H33N5O/c1-4-22-21(24-19-14-18(19)17-8-6-5-7-9-17)26-12-10-25(11-13-26)15-20(27)23-16(2)3/h5-9,16,18-19H,4,10-15H2,1-3H3,(H,22,24)(H,23,27). The molecule has 0 spiro atoms. The van der Waals surface area contributed by atoms with Crippen molar-refractivity contribution in [2.24, 2.45) is 4.99 Å². The summed E-state index contributed by atoms with van der Waals surface area (Å²) in [6.45, 7) is 10.9. The van der Waals surface area contributed by atoms with Crippen LogP contribution < -0.4 is 10.6 Å². The fraction of sp³-hybridized carbons (Fsp3) is 0.619. The van der Waals surface area contributed by atoms with Crippen LogP contribution in [-0.2, 0) is 4.79 Å². The molecule has 2 aliphatic rings. The highest BCUT2D eigenvalue weighted by atomic mass is 16.2. The van der Waals surface area contributed by atoms with E-state index in [1.165, 1.54) is 12.0 Å². The van der Waals surface area contributed by atoms with Crippen LogP contribution in [0.25, 0.3) is 0 Å².